The second kappa shape index (κ2) is 12.8. The van der Waals surface area contributed by atoms with Gasteiger partial charge in [0.05, 0.1) is 23.6 Å². The van der Waals surface area contributed by atoms with E-state index < -0.39 is 17.2 Å². The number of amides is 2. The molecule has 1 saturated heterocycles. The summed E-state index contributed by atoms with van der Waals surface area (Å²) in [5.74, 6) is -0.735. The first-order valence-electron chi connectivity index (χ1n) is 14.0. The molecule has 41 heavy (non-hydrogen) atoms. The molecule has 2 heterocycles. The van der Waals surface area contributed by atoms with E-state index in [0.717, 1.165) is 35.0 Å². The maximum absolute atomic E-state index is 13.7. The molecule has 0 aliphatic carbocycles. The minimum absolute atomic E-state index is 0.107. The van der Waals surface area contributed by atoms with Crippen LogP contribution in [0.1, 0.15) is 41.3 Å². The number of nitrogens with zero attached hydrogens (tertiary/aromatic N) is 2. The molecule has 0 unspecified atom stereocenters. The van der Waals surface area contributed by atoms with Crippen LogP contribution in [0.4, 0.5) is 5.69 Å². The van der Waals surface area contributed by atoms with Crippen LogP contribution in [0.2, 0.25) is 0 Å². The van der Waals surface area contributed by atoms with Crippen LogP contribution in [0.25, 0.3) is 10.9 Å². The molecule has 2 N–H and O–H groups in total. The zero-order valence-corrected chi connectivity index (χ0v) is 23.1. The number of nitrogens with one attached hydrogen (secondary N) is 2. The van der Waals surface area contributed by atoms with Crippen molar-refractivity contribution in [3.63, 3.8) is 0 Å². The molecule has 2 amide bonds. The average molecular weight is 555 g/mol. The Bertz CT molecular complexity index is 1670. The highest BCUT2D eigenvalue weighted by Crippen LogP contribution is 2.17. The van der Waals surface area contributed by atoms with E-state index in [0.29, 0.717) is 30.8 Å². The Morgan fingerprint density at radius 2 is 1.76 bits per heavy atom. The fourth-order valence-corrected chi connectivity index (χ4v) is 5.21. The van der Waals surface area contributed by atoms with E-state index in [4.69, 9.17) is 4.74 Å². The molecule has 0 saturated carbocycles. The molecule has 9 nitrogen and oxygen atoms in total. The number of ether oxygens (including phenoxy) is 1. The van der Waals surface area contributed by atoms with Gasteiger partial charge >= 0.3 is 5.69 Å². The van der Waals surface area contributed by atoms with Crippen LogP contribution < -0.4 is 21.9 Å². The standard InChI is InChI=1S/C32H34N4O5/c1-2-23-11-6-7-13-27(23)34-29(37)21-35-28-19-24(30(38)33-17-16-22-9-4-3-5-10-22)14-15-26(28)31(39)36(32(35)40)20-25-12-8-18-41-25/h3-7,9-11,13-15,19,25H,2,8,12,16-18,20-21H2,1H3,(H,33,38)(H,34,37)/t25-/m1/s1. The molecule has 3 aromatic carbocycles. The summed E-state index contributed by atoms with van der Waals surface area (Å²) in [5, 5.41) is 6.06. The van der Waals surface area contributed by atoms with Crippen LogP contribution in [-0.2, 0) is 35.5 Å². The lowest BCUT2D eigenvalue weighted by Gasteiger charge is -2.17. The topological polar surface area (TPSA) is 111 Å². The maximum atomic E-state index is 13.7. The van der Waals surface area contributed by atoms with Crippen LogP contribution in [0, 0.1) is 0 Å². The monoisotopic (exact) mass is 554 g/mol. The number of para-hydroxylation sites is 1. The summed E-state index contributed by atoms with van der Waals surface area (Å²) in [6.45, 7) is 2.80. The predicted molar refractivity (Wildman–Crippen MR) is 158 cm³/mol. The minimum Gasteiger partial charge on any atom is -0.376 e. The van der Waals surface area contributed by atoms with Crippen molar-refractivity contribution in [2.75, 3.05) is 18.5 Å². The number of aryl methyl sites for hydroxylation is 1. The summed E-state index contributed by atoms with van der Waals surface area (Å²) in [5.41, 5.74) is 2.19. The van der Waals surface area contributed by atoms with Crippen molar-refractivity contribution < 1.29 is 14.3 Å². The molecule has 0 bridgehead atoms. The van der Waals surface area contributed by atoms with Crippen molar-refractivity contribution in [3.8, 4) is 0 Å². The van der Waals surface area contributed by atoms with Gasteiger partial charge in [0.15, 0.2) is 0 Å². The lowest BCUT2D eigenvalue weighted by atomic mass is 10.1. The highest BCUT2D eigenvalue weighted by atomic mass is 16.5. The minimum atomic E-state index is -0.612. The van der Waals surface area contributed by atoms with E-state index in [1.165, 1.54) is 10.6 Å². The first kappa shape index (κ1) is 28.0. The second-order valence-electron chi connectivity index (χ2n) is 10.2. The molecular formula is C32H34N4O5. The quantitative estimate of drug-likeness (QED) is 0.312. The highest BCUT2D eigenvalue weighted by Gasteiger charge is 2.22. The van der Waals surface area contributed by atoms with Gasteiger partial charge in [-0.1, -0.05) is 55.5 Å². The smallest absolute Gasteiger partial charge is 0.332 e. The van der Waals surface area contributed by atoms with Crippen molar-refractivity contribution in [2.24, 2.45) is 0 Å². The summed E-state index contributed by atoms with van der Waals surface area (Å²) >= 11 is 0. The van der Waals surface area contributed by atoms with Gasteiger partial charge in [0, 0.05) is 24.4 Å². The Hall–Kier alpha value is -4.50. The lowest BCUT2D eigenvalue weighted by Crippen LogP contribution is -2.43. The third-order valence-corrected chi connectivity index (χ3v) is 7.41. The SMILES string of the molecule is CCc1ccccc1NC(=O)Cn1c(=O)n(C[C@H]2CCCO2)c(=O)c2ccc(C(=O)NCCc3ccccc3)cc21. The third kappa shape index (κ3) is 6.47. The van der Waals surface area contributed by atoms with E-state index >= 15 is 0 Å². The van der Waals surface area contributed by atoms with E-state index in [1.807, 2.05) is 61.5 Å². The van der Waals surface area contributed by atoms with Crippen molar-refractivity contribution in [1.82, 2.24) is 14.5 Å². The molecule has 212 valence electrons. The van der Waals surface area contributed by atoms with Gasteiger partial charge in [0.2, 0.25) is 5.91 Å². The van der Waals surface area contributed by atoms with Crippen LogP contribution in [0.5, 0.6) is 0 Å². The molecular weight excluding hydrogens is 520 g/mol. The van der Waals surface area contributed by atoms with Crippen molar-refractivity contribution in [2.45, 2.75) is 51.8 Å². The predicted octanol–water partition coefficient (Wildman–Crippen LogP) is 3.52. The summed E-state index contributed by atoms with van der Waals surface area (Å²) in [6, 6.07) is 21.9. The number of aromatic nitrogens is 2. The summed E-state index contributed by atoms with van der Waals surface area (Å²) in [6.07, 6.45) is 2.77. The number of anilines is 1. The number of carbonyl (C=O) groups is 2. The second-order valence-corrected chi connectivity index (χ2v) is 10.2. The van der Waals surface area contributed by atoms with Gasteiger partial charge in [-0.05, 0) is 61.1 Å². The van der Waals surface area contributed by atoms with Gasteiger partial charge in [-0.15, -0.1) is 0 Å². The van der Waals surface area contributed by atoms with Crippen molar-refractivity contribution in [1.29, 1.82) is 0 Å². The fraction of sp³-hybridized carbons (Fsp3) is 0.312. The van der Waals surface area contributed by atoms with Gasteiger partial charge in [0.1, 0.15) is 6.54 Å². The van der Waals surface area contributed by atoms with E-state index in [1.54, 1.807) is 12.1 Å². The Morgan fingerprint density at radius 1 is 0.976 bits per heavy atom. The number of rotatable bonds is 10. The van der Waals surface area contributed by atoms with Gasteiger partial charge < -0.3 is 15.4 Å². The number of carbonyl (C=O) groups excluding carboxylic acids is 2. The Labute approximate surface area is 237 Å². The zero-order chi connectivity index (χ0) is 28.8. The van der Waals surface area contributed by atoms with Crippen LogP contribution in [0.15, 0.2) is 82.4 Å². The number of hydrogen-bond donors (Lipinski definition) is 2. The Morgan fingerprint density at radius 3 is 2.51 bits per heavy atom. The molecule has 0 spiro atoms. The molecule has 4 aromatic rings. The first-order valence-corrected chi connectivity index (χ1v) is 14.0. The molecule has 0 radical (unpaired) electrons. The Kier molecular flexibility index (Phi) is 8.74. The van der Waals surface area contributed by atoms with Crippen LogP contribution >= 0.6 is 0 Å². The van der Waals surface area contributed by atoms with Crippen molar-refractivity contribution >= 4 is 28.4 Å². The van der Waals surface area contributed by atoms with Crippen LogP contribution in [0.3, 0.4) is 0 Å². The summed E-state index contributed by atoms with van der Waals surface area (Å²) < 4.78 is 8.10. The molecule has 9 heteroatoms. The van der Waals surface area contributed by atoms with Crippen LogP contribution in [-0.4, -0.2) is 40.2 Å². The van der Waals surface area contributed by atoms with E-state index in [2.05, 4.69) is 10.6 Å². The summed E-state index contributed by atoms with van der Waals surface area (Å²) in [7, 11) is 0. The largest absolute Gasteiger partial charge is 0.376 e. The molecule has 1 aliphatic rings. The fourth-order valence-electron chi connectivity index (χ4n) is 5.21. The van der Waals surface area contributed by atoms with Gasteiger partial charge in [-0.25, -0.2) is 4.79 Å². The average Bonchev–Trinajstić information content (AvgIpc) is 3.51. The number of benzene rings is 3. The van der Waals surface area contributed by atoms with Crippen molar-refractivity contribution in [3.05, 3.63) is 110 Å². The molecule has 1 aromatic heterocycles. The Balaban J connectivity index is 1.47. The molecule has 5 rings (SSSR count). The maximum Gasteiger partial charge on any atom is 0.332 e. The van der Waals surface area contributed by atoms with E-state index in [9.17, 15) is 19.2 Å². The van der Waals surface area contributed by atoms with Gasteiger partial charge in [-0.2, -0.15) is 0 Å². The van der Waals surface area contributed by atoms with E-state index in [-0.39, 0.29) is 36.0 Å². The highest BCUT2D eigenvalue weighted by molar-refractivity contribution is 5.98. The zero-order valence-electron chi connectivity index (χ0n) is 23.1. The van der Waals surface area contributed by atoms with Gasteiger partial charge in [0.25, 0.3) is 11.5 Å². The third-order valence-electron chi connectivity index (χ3n) is 7.41. The normalized spacial score (nSPS) is 14.7. The molecule has 1 fully saturated rings. The molecule has 1 aliphatic heterocycles. The van der Waals surface area contributed by atoms with Gasteiger partial charge in [-0.3, -0.25) is 23.5 Å². The lowest BCUT2D eigenvalue weighted by molar-refractivity contribution is -0.116. The number of fused-ring (bicyclic) bond motifs is 1. The first-order chi connectivity index (χ1) is 19.9. The summed E-state index contributed by atoms with van der Waals surface area (Å²) in [4.78, 5) is 53.4. The number of hydrogen-bond acceptors (Lipinski definition) is 5. The molecule has 1 atom stereocenters.